The Morgan fingerprint density at radius 3 is 2.57 bits per heavy atom. The summed E-state index contributed by atoms with van der Waals surface area (Å²) in [6, 6.07) is 7.94. The van der Waals surface area contributed by atoms with Crippen molar-refractivity contribution in [3.8, 4) is 0 Å². The van der Waals surface area contributed by atoms with Gasteiger partial charge >= 0.3 is 0 Å². The molecule has 114 valence electrons. The van der Waals surface area contributed by atoms with Crippen molar-refractivity contribution in [2.24, 2.45) is 5.92 Å². The lowest BCUT2D eigenvalue weighted by molar-refractivity contribution is -0.136. The number of morpholine rings is 1. The van der Waals surface area contributed by atoms with Gasteiger partial charge in [0.05, 0.1) is 6.61 Å². The molecular weight excluding hydrogens is 266 g/mol. The van der Waals surface area contributed by atoms with Crippen LogP contribution >= 0.6 is 0 Å². The number of nitrogens with zero attached hydrogens (tertiary/aromatic N) is 1. The lowest BCUT2D eigenvalue weighted by atomic mass is 9.89. The summed E-state index contributed by atoms with van der Waals surface area (Å²) in [7, 11) is 0. The monoisotopic (exact) mass is 289 g/mol. The molecule has 3 N–H and O–H groups in total. The average molecular weight is 289 g/mol. The molecule has 0 saturated carbocycles. The fourth-order valence-corrected chi connectivity index (χ4v) is 3.12. The van der Waals surface area contributed by atoms with E-state index in [1.54, 1.807) is 0 Å². The summed E-state index contributed by atoms with van der Waals surface area (Å²) < 4.78 is 5.58. The van der Waals surface area contributed by atoms with E-state index in [-0.39, 0.29) is 17.8 Å². The molecule has 3 rings (SSSR count). The predicted octanol–water partition coefficient (Wildman–Crippen LogP) is 1.04. The number of carbonyl (C=O) groups excluding carboxylic acids is 1. The number of ether oxygens (including phenoxy) is 1. The third kappa shape index (κ3) is 3.36. The molecule has 1 unspecified atom stereocenters. The van der Waals surface area contributed by atoms with Crippen LogP contribution < -0.4 is 16.0 Å². The third-order valence-corrected chi connectivity index (χ3v) is 4.40. The van der Waals surface area contributed by atoms with Crippen molar-refractivity contribution in [2.45, 2.75) is 18.9 Å². The summed E-state index contributed by atoms with van der Waals surface area (Å²) in [6.45, 7) is 3.98. The average Bonchev–Trinajstić information content (AvgIpc) is 2.56. The van der Waals surface area contributed by atoms with Crippen LogP contribution in [0.4, 0.5) is 11.4 Å². The maximum Gasteiger partial charge on any atom is 0.166 e. The van der Waals surface area contributed by atoms with Crippen LogP contribution in [0.25, 0.3) is 0 Å². The first-order chi connectivity index (χ1) is 10.2. The van der Waals surface area contributed by atoms with Gasteiger partial charge in [-0.3, -0.25) is 4.79 Å². The highest BCUT2D eigenvalue weighted by Gasteiger charge is 2.31. The van der Waals surface area contributed by atoms with Crippen molar-refractivity contribution in [3.05, 3.63) is 24.3 Å². The molecule has 2 aliphatic rings. The van der Waals surface area contributed by atoms with Gasteiger partial charge in [-0.1, -0.05) is 0 Å². The van der Waals surface area contributed by atoms with E-state index in [1.165, 1.54) is 5.69 Å². The second-order valence-corrected chi connectivity index (χ2v) is 5.82. The van der Waals surface area contributed by atoms with Crippen molar-refractivity contribution in [2.75, 3.05) is 43.4 Å². The SMILES string of the molecule is Nc1ccc(N2CCC(C(=O)C3CNCCO3)CC2)cc1. The Balaban J connectivity index is 1.54. The van der Waals surface area contributed by atoms with E-state index in [0.717, 1.165) is 38.2 Å². The number of anilines is 2. The minimum absolute atomic E-state index is 0.139. The number of benzene rings is 1. The number of carbonyl (C=O) groups is 1. The Morgan fingerprint density at radius 2 is 1.95 bits per heavy atom. The summed E-state index contributed by atoms with van der Waals surface area (Å²) in [4.78, 5) is 14.8. The highest BCUT2D eigenvalue weighted by Crippen LogP contribution is 2.25. The van der Waals surface area contributed by atoms with Crippen molar-refractivity contribution < 1.29 is 9.53 Å². The van der Waals surface area contributed by atoms with E-state index >= 15 is 0 Å². The fourth-order valence-electron chi connectivity index (χ4n) is 3.12. The zero-order valence-electron chi connectivity index (χ0n) is 12.3. The Labute approximate surface area is 125 Å². The molecule has 1 aromatic carbocycles. The molecule has 21 heavy (non-hydrogen) atoms. The van der Waals surface area contributed by atoms with Crippen LogP contribution in [0, 0.1) is 5.92 Å². The smallest absolute Gasteiger partial charge is 0.166 e. The first-order valence-electron chi connectivity index (χ1n) is 7.70. The summed E-state index contributed by atoms with van der Waals surface area (Å²) in [5, 5.41) is 3.23. The van der Waals surface area contributed by atoms with Gasteiger partial charge in [-0.2, -0.15) is 0 Å². The van der Waals surface area contributed by atoms with Crippen LogP contribution in [0.5, 0.6) is 0 Å². The van der Waals surface area contributed by atoms with Gasteiger partial charge in [-0.25, -0.2) is 0 Å². The van der Waals surface area contributed by atoms with Crippen molar-refractivity contribution in [1.82, 2.24) is 5.32 Å². The Bertz CT molecular complexity index is 475. The van der Waals surface area contributed by atoms with Crippen LogP contribution in [0.15, 0.2) is 24.3 Å². The molecule has 2 heterocycles. The first-order valence-corrected chi connectivity index (χ1v) is 7.70. The molecule has 2 saturated heterocycles. The van der Waals surface area contributed by atoms with Crippen LogP contribution in [0.3, 0.4) is 0 Å². The van der Waals surface area contributed by atoms with Gasteiger partial charge in [-0.05, 0) is 37.1 Å². The van der Waals surface area contributed by atoms with Gasteiger partial charge in [0.15, 0.2) is 5.78 Å². The molecule has 0 radical (unpaired) electrons. The summed E-state index contributed by atoms with van der Waals surface area (Å²) in [5.74, 6) is 0.416. The molecular formula is C16H23N3O2. The fraction of sp³-hybridized carbons (Fsp3) is 0.562. The number of hydrogen-bond acceptors (Lipinski definition) is 5. The lowest BCUT2D eigenvalue weighted by Crippen LogP contribution is -2.47. The van der Waals surface area contributed by atoms with E-state index in [0.29, 0.717) is 13.2 Å². The predicted molar refractivity (Wildman–Crippen MR) is 83.4 cm³/mol. The standard InChI is InChI=1S/C16H23N3O2/c17-13-1-3-14(4-2-13)19-8-5-12(6-9-19)16(20)15-11-18-7-10-21-15/h1-4,12,15,18H,5-11,17H2. The molecule has 0 aromatic heterocycles. The largest absolute Gasteiger partial charge is 0.399 e. The van der Waals surface area contributed by atoms with Crippen LogP contribution in [0.1, 0.15) is 12.8 Å². The van der Waals surface area contributed by atoms with Crippen LogP contribution in [-0.4, -0.2) is 44.7 Å². The normalized spacial score (nSPS) is 24.0. The van der Waals surface area contributed by atoms with Crippen molar-refractivity contribution in [3.63, 3.8) is 0 Å². The Kier molecular flexibility index (Phi) is 4.41. The Morgan fingerprint density at radius 1 is 1.24 bits per heavy atom. The maximum atomic E-state index is 12.4. The van der Waals surface area contributed by atoms with Gasteiger partial charge in [0.1, 0.15) is 6.10 Å². The second-order valence-electron chi connectivity index (χ2n) is 5.82. The molecule has 5 nitrogen and oxygen atoms in total. The van der Waals surface area contributed by atoms with E-state index in [9.17, 15) is 4.79 Å². The first kappa shape index (κ1) is 14.4. The lowest BCUT2D eigenvalue weighted by Gasteiger charge is -2.35. The highest BCUT2D eigenvalue weighted by molar-refractivity contribution is 5.86. The molecule has 1 atom stereocenters. The number of ketones is 1. The number of nitrogen functional groups attached to an aromatic ring is 1. The van der Waals surface area contributed by atoms with Crippen molar-refractivity contribution in [1.29, 1.82) is 0 Å². The molecule has 1 aromatic rings. The number of piperidine rings is 1. The zero-order valence-corrected chi connectivity index (χ0v) is 12.3. The molecule has 2 aliphatic heterocycles. The number of hydrogen-bond donors (Lipinski definition) is 2. The van der Waals surface area contributed by atoms with Crippen LogP contribution in [0.2, 0.25) is 0 Å². The summed E-state index contributed by atoms with van der Waals surface area (Å²) in [5.41, 5.74) is 7.69. The van der Waals surface area contributed by atoms with Gasteiger partial charge in [0, 0.05) is 43.5 Å². The zero-order chi connectivity index (χ0) is 14.7. The van der Waals surface area contributed by atoms with Gasteiger partial charge in [0.25, 0.3) is 0 Å². The van der Waals surface area contributed by atoms with Crippen LogP contribution in [-0.2, 0) is 9.53 Å². The second kappa shape index (κ2) is 6.45. The number of nitrogens with two attached hydrogens (primary N) is 1. The third-order valence-electron chi connectivity index (χ3n) is 4.40. The minimum Gasteiger partial charge on any atom is -0.399 e. The summed E-state index contributed by atoms with van der Waals surface area (Å²) in [6.07, 6.45) is 1.57. The van der Waals surface area contributed by atoms with Crippen molar-refractivity contribution >= 4 is 17.2 Å². The topological polar surface area (TPSA) is 67.6 Å². The summed E-state index contributed by atoms with van der Waals surface area (Å²) >= 11 is 0. The highest BCUT2D eigenvalue weighted by atomic mass is 16.5. The van der Waals surface area contributed by atoms with E-state index in [2.05, 4.69) is 10.2 Å². The van der Waals surface area contributed by atoms with E-state index < -0.39 is 0 Å². The molecule has 0 amide bonds. The number of nitrogens with one attached hydrogen (secondary N) is 1. The van der Waals surface area contributed by atoms with Gasteiger partial charge < -0.3 is 20.7 Å². The van der Waals surface area contributed by atoms with E-state index in [4.69, 9.17) is 10.5 Å². The van der Waals surface area contributed by atoms with Gasteiger partial charge in [0.2, 0.25) is 0 Å². The number of rotatable bonds is 3. The maximum absolute atomic E-state index is 12.4. The molecule has 0 aliphatic carbocycles. The molecule has 0 spiro atoms. The quantitative estimate of drug-likeness (QED) is 0.814. The van der Waals surface area contributed by atoms with E-state index in [1.807, 2.05) is 24.3 Å². The molecule has 0 bridgehead atoms. The molecule has 5 heteroatoms. The minimum atomic E-state index is -0.244. The number of Topliss-reactive ketones (excluding diaryl/α,β-unsaturated/α-hetero) is 1. The van der Waals surface area contributed by atoms with Gasteiger partial charge in [-0.15, -0.1) is 0 Å². The molecule has 2 fully saturated rings. The Hall–Kier alpha value is -1.59.